The summed E-state index contributed by atoms with van der Waals surface area (Å²) in [6.45, 7) is 7.59. The Morgan fingerprint density at radius 3 is 2.75 bits per heavy atom. The van der Waals surface area contributed by atoms with Crippen molar-refractivity contribution in [1.29, 1.82) is 0 Å². The number of hydrogen-bond donors (Lipinski definition) is 1. The van der Waals surface area contributed by atoms with Crippen molar-refractivity contribution < 1.29 is 4.79 Å². The minimum atomic E-state index is -0.0236. The summed E-state index contributed by atoms with van der Waals surface area (Å²) in [5, 5.41) is 2.99. The van der Waals surface area contributed by atoms with Crippen molar-refractivity contribution in [1.82, 2.24) is 14.9 Å². The zero-order valence-corrected chi connectivity index (χ0v) is 17.8. The Kier molecular flexibility index (Phi) is 7.04. The standard InChI is InChI=1S/C23H26BrN3O/c1-17(2)16-27-21-12-6-5-11-20(21)26-22(27)13-4-3-7-14-25-23(28)18-9-8-10-19(24)15-18/h5-6,8-12,15H,1,3-4,7,13-14,16H2,2H3,(H,25,28). The van der Waals surface area contributed by atoms with Gasteiger partial charge in [-0.05, 0) is 50.1 Å². The highest BCUT2D eigenvalue weighted by Crippen LogP contribution is 2.19. The third-order valence-electron chi connectivity index (χ3n) is 4.61. The third-order valence-corrected chi connectivity index (χ3v) is 5.10. The van der Waals surface area contributed by atoms with Gasteiger partial charge < -0.3 is 9.88 Å². The van der Waals surface area contributed by atoms with Crippen LogP contribution in [0.1, 0.15) is 42.4 Å². The predicted octanol–water partition coefficient (Wildman–Crippen LogP) is 5.52. The number of carbonyl (C=O) groups is 1. The highest BCUT2D eigenvalue weighted by Gasteiger charge is 2.10. The Hall–Kier alpha value is -2.40. The van der Waals surface area contributed by atoms with Crippen molar-refractivity contribution in [3.8, 4) is 0 Å². The number of aryl methyl sites for hydroxylation is 1. The van der Waals surface area contributed by atoms with Gasteiger partial charge in [0, 0.05) is 29.5 Å². The highest BCUT2D eigenvalue weighted by atomic mass is 79.9. The summed E-state index contributed by atoms with van der Waals surface area (Å²) in [7, 11) is 0. The number of carbonyl (C=O) groups excluding carboxylic acids is 1. The van der Waals surface area contributed by atoms with Crippen LogP contribution < -0.4 is 5.32 Å². The quantitative estimate of drug-likeness (QED) is 0.352. The van der Waals surface area contributed by atoms with Gasteiger partial charge in [-0.15, -0.1) is 0 Å². The number of rotatable bonds is 9. The van der Waals surface area contributed by atoms with Gasteiger partial charge in [-0.1, -0.05) is 52.7 Å². The molecule has 0 saturated heterocycles. The topological polar surface area (TPSA) is 46.9 Å². The number of aromatic nitrogens is 2. The van der Waals surface area contributed by atoms with Gasteiger partial charge in [-0.3, -0.25) is 4.79 Å². The molecule has 0 saturated carbocycles. The molecule has 4 nitrogen and oxygen atoms in total. The second kappa shape index (κ2) is 9.69. The van der Waals surface area contributed by atoms with Crippen LogP contribution in [0.15, 0.2) is 65.2 Å². The van der Waals surface area contributed by atoms with Crippen molar-refractivity contribution >= 4 is 32.9 Å². The molecule has 0 aliphatic carbocycles. The van der Waals surface area contributed by atoms with Crippen LogP contribution in [0.3, 0.4) is 0 Å². The number of unbranched alkanes of at least 4 members (excludes halogenated alkanes) is 2. The number of nitrogens with zero attached hydrogens (tertiary/aromatic N) is 2. The van der Waals surface area contributed by atoms with E-state index in [1.807, 2.05) is 37.3 Å². The minimum absolute atomic E-state index is 0.0236. The van der Waals surface area contributed by atoms with Gasteiger partial charge in [-0.25, -0.2) is 4.98 Å². The third kappa shape index (κ3) is 5.32. The van der Waals surface area contributed by atoms with E-state index in [0.717, 1.165) is 53.6 Å². The van der Waals surface area contributed by atoms with Crippen LogP contribution in [0.5, 0.6) is 0 Å². The Labute approximate surface area is 174 Å². The van der Waals surface area contributed by atoms with E-state index < -0.39 is 0 Å². The average Bonchev–Trinajstić information content (AvgIpc) is 3.01. The number of halogens is 1. The van der Waals surface area contributed by atoms with Gasteiger partial charge in [0.15, 0.2) is 0 Å². The summed E-state index contributed by atoms with van der Waals surface area (Å²) in [6.07, 6.45) is 3.99. The molecule has 0 aliphatic rings. The van der Waals surface area contributed by atoms with E-state index in [9.17, 15) is 4.79 Å². The maximum atomic E-state index is 12.1. The number of benzene rings is 2. The van der Waals surface area contributed by atoms with Gasteiger partial charge in [-0.2, -0.15) is 0 Å². The molecule has 2 aromatic carbocycles. The van der Waals surface area contributed by atoms with E-state index in [-0.39, 0.29) is 5.91 Å². The smallest absolute Gasteiger partial charge is 0.251 e. The fourth-order valence-electron chi connectivity index (χ4n) is 3.28. The molecule has 0 spiro atoms. The number of fused-ring (bicyclic) bond motifs is 1. The lowest BCUT2D eigenvalue weighted by molar-refractivity contribution is 0.0953. The molecule has 28 heavy (non-hydrogen) atoms. The van der Waals surface area contributed by atoms with E-state index >= 15 is 0 Å². The summed E-state index contributed by atoms with van der Waals surface area (Å²) >= 11 is 3.39. The van der Waals surface area contributed by atoms with Crippen LogP contribution in [0.4, 0.5) is 0 Å². The van der Waals surface area contributed by atoms with Gasteiger partial charge in [0.1, 0.15) is 5.82 Å². The second-order valence-corrected chi connectivity index (χ2v) is 8.05. The molecule has 0 atom stereocenters. The predicted molar refractivity (Wildman–Crippen MR) is 119 cm³/mol. The molecule has 1 N–H and O–H groups in total. The van der Waals surface area contributed by atoms with Crippen molar-refractivity contribution in [3.05, 3.63) is 76.5 Å². The molecule has 0 fully saturated rings. The molecule has 1 heterocycles. The number of hydrogen-bond acceptors (Lipinski definition) is 2. The number of allylic oxidation sites excluding steroid dienone is 1. The first-order valence-electron chi connectivity index (χ1n) is 9.67. The summed E-state index contributed by atoms with van der Waals surface area (Å²) in [5.74, 6) is 1.09. The van der Waals surface area contributed by atoms with Crippen LogP contribution in [0.2, 0.25) is 0 Å². The van der Waals surface area contributed by atoms with Crippen molar-refractivity contribution in [2.75, 3.05) is 6.54 Å². The summed E-state index contributed by atoms with van der Waals surface area (Å²) < 4.78 is 3.19. The molecule has 0 bridgehead atoms. The van der Waals surface area contributed by atoms with Crippen LogP contribution in [-0.2, 0) is 13.0 Å². The molecule has 5 heteroatoms. The van der Waals surface area contributed by atoms with E-state index in [4.69, 9.17) is 4.98 Å². The van der Waals surface area contributed by atoms with Gasteiger partial charge in [0.05, 0.1) is 11.0 Å². The van der Waals surface area contributed by atoms with Gasteiger partial charge in [0.2, 0.25) is 0 Å². The molecule has 0 unspecified atom stereocenters. The first-order chi connectivity index (χ1) is 13.5. The monoisotopic (exact) mass is 439 g/mol. The maximum absolute atomic E-state index is 12.1. The lowest BCUT2D eigenvalue weighted by Gasteiger charge is -2.09. The molecule has 3 rings (SSSR count). The molecular weight excluding hydrogens is 414 g/mol. The first-order valence-corrected chi connectivity index (χ1v) is 10.5. The molecule has 0 radical (unpaired) electrons. The zero-order chi connectivity index (χ0) is 19.9. The lowest BCUT2D eigenvalue weighted by atomic mass is 10.1. The largest absolute Gasteiger partial charge is 0.352 e. The molecule has 1 amide bonds. The summed E-state index contributed by atoms with van der Waals surface area (Å²) in [5.41, 5.74) is 4.02. The Bertz CT molecular complexity index is 977. The molecular formula is C23H26BrN3O. The molecule has 0 aliphatic heterocycles. The fraction of sp³-hybridized carbons (Fsp3) is 0.304. The fourth-order valence-corrected chi connectivity index (χ4v) is 3.68. The molecule has 146 valence electrons. The van der Waals surface area contributed by atoms with Gasteiger partial charge >= 0.3 is 0 Å². The van der Waals surface area contributed by atoms with Gasteiger partial charge in [0.25, 0.3) is 5.91 Å². The Morgan fingerprint density at radius 1 is 1.14 bits per heavy atom. The molecule has 1 aromatic heterocycles. The Balaban J connectivity index is 1.48. The molecule has 3 aromatic rings. The normalized spacial score (nSPS) is 10.9. The summed E-state index contributed by atoms with van der Waals surface area (Å²) in [4.78, 5) is 17.0. The van der Waals surface area contributed by atoms with E-state index in [2.05, 4.69) is 50.6 Å². The Morgan fingerprint density at radius 2 is 1.96 bits per heavy atom. The number of nitrogens with one attached hydrogen (secondary N) is 1. The van der Waals surface area contributed by atoms with Crippen LogP contribution in [-0.4, -0.2) is 22.0 Å². The second-order valence-electron chi connectivity index (χ2n) is 7.14. The average molecular weight is 440 g/mol. The van der Waals surface area contributed by atoms with E-state index in [1.165, 1.54) is 5.52 Å². The van der Waals surface area contributed by atoms with Crippen molar-refractivity contribution in [2.24, 2.45) is 0 Å². The maximum Gasteiger partial charge on any atom is 0.251 e. The number of para-hydroxylation sites is 2. The highest BCUT2D eigenvalue weighted by molar-refractivity contribution is 9.10. The van der Waals surface area contributed by atoms with Crippen LogP contribution in [0, 0.1) is 0 Å². The number of imidazole rings is 1. The van der Waals surface area contributed by atoms with E-state index in [0.29, 0.717) is 12.1 Å². The first kappa shape index (κ1) is 20.3. The lowest BCUT2D eigenvalue weighted by Crippen LogP contribution is -2.24. The minimum Gasteiger partial charge on any atom is -0.352 e. The van der Waals surface area contributed by atoms with Crippen molar-refractivity contribution in [2.45, 2.75) is 39.2 Å². The van der Waals surface area contributed by atoms with Crippen molar-refractivity contribution in [3.63, 3.8) is 0 Å². The van der Waals surface area contributed by atoms with Crippen LogP contribution in [0.25, 0.3) is 11.0 Å². The number of amides is 1. The van der Waals surface area contributed by atoms with Crippen LogP contribution >= 0.6 is 15.9 Å². The van der Waals surface area contributed by atoms with E-state index in [1.54, 1.807) is 0 Å². The summed E-state index contributed by atoms with van der Waals surface area (Å²) in [6, 6.07) is 15.7. The SMILES string of the molecule is C=C(C)Cn1c(CCCCCNC(=O)c2cccc(Br)c2)nc2ccccc21. The zero-order valence-electron chi connectivity index (χ0n) is 16.2.